The molecule has 0 aromatic carbocycles. The van der Waals surface area contributed by atoms with Crippen LogP contribution in [0.3, 0.4) is 0 Å². The molecule has 0 radical (unpaired) electrons. The molecule has 0 atom stereocenters. The Balaban J connectivity index is 1.75. The Hall–Kier alpha value is -1.36. The van der Waals surface area contributed by atoms with Crippen LogP contribution in [0.15, 0.2) is 6.33 Å². The lowest BCUT2D eigenvalue weighted by Crippen LogP contribution is -2.16. The van der Waals surface area contributed by atoms with E-state index in [1.807, 2.05) is 0 Å². The Morgan fingerprint density at radius 2 is 2.11 bits per heavy atom. The highest BCUT2D eigenvalue weighted by Crippen LogP contribution is 2.26. The van der Waals surface area contributed by atoms with Gasteiger partial charge in [0.05, 0.1) is 12.9 Å². The number of aromatic nitrogens is 4. The van der Waals surface area contributed by atoms with Gasteiger partial charge in [-0.1, -0.05) is 19.3 Å². The summed E-state index contributed by atoms with van der Waals surface area (Å²) in [5.74, 6) is 1.14. The van der Waals surface area contributed by atoms with Crippen LogP contribution in [0.4, 0.5) is 0 Å². The van der Waals surface area contributed by atoms with Gasteiger partial charge in [0.2, 0.25) is 11.2 Å². The lowest BCUT2D eigenvalue weighted by molar-refractivity contribution is 0.204. The average molecular weight is 267 g/mol. The van der Waals surface area contributed by atoms with Crippen LogP contribution in [-0.2, 0) is 0 Å². The number of halogens is 1. The van der Waals surface area contributed by atoms with Gasteiger partial charge in [-0.05, 0) is 30.4 Å². The molecule has 1 saturated carbocycles. The highest BCUT2D eigenvalue weighted by molar-refractivity contribution is 6.28. The van der Waals surface area contributed by atoms with E-state index in [1.54, 1.807) is 6.33 Å². The van der Waals surface area contributed by atoms with Gasteiger partial charge in [0.15, 0.2) is 5.65 Å². The van der Waals surface area contributed by atoms with E-state index in [1.165, 1.54) is 32.1 Å². The average Bonchev–Trinajstić information content (AvgIpc) is 2.85. The molecule has 0 amide bonds. The molecule has 5 nitrogen and oxygen atoms in total. The summed E-state index contributed by atoms with van der Waals surface area (Å²) in [7, 11) is 0. The number of fused-ring (bicyclic) bond motifs is 1. The summed E-state index contributed by atoms with van der Waals surface area (Å²) in [6, 6.07) is 0. The molecule has 2 heterocycles. The van der Waals surface area contributed by atoms with E-state index in [0.717, 1.165) is 5.52 Å². The second kappa shape index (κ2) is 5.10. The smallest absolute Gasteiger partial charge is 0.244 e. The summed E-state index contributed by atoms with van der Waals surface area (Å²) in [5.41, 5.74) is 1.27. The summed E-state index contributed by atoms with van der Waals surface area (Å²) in [6.07, 6.45) is 8.01. The number of ether oxygens (including phenoxy) is 1. The van der Waals surface area contributed by atoms with Gasteiger partial charge >= 0.3 is 0 Å². The summed E-state index contributed by atoms with van der Waals surface area (Å²) in [5, 5.41) is 0.174. The van der Waals surface area contributed by atoms with Crippen LogP contribution in [-0.4, -0.2) is 26.5 Å². The largest absolute Gasteiger partial charge is 0.476 e. The fourth-order valence-electron chi connectivity index (χ4n) is 2.44. The van der Waals surface area contributed by atoms with E-state index in [0.29, 0.717) is 24.1 Å². The minimum Gasteiger partial charge on any atom is -0.476 e. The molecule has 0 aliphatic heterocycles. The van der Waals surface area contributed by atoms with Crippen molar-refractivity contribution in [1.29, 1.82) is 0 Å². The zero-order valence-corrected chi connectivity index (χ0v) is 10.8. The van der Waals surface area contributed by atoms with Crippen molar-refractivity contribution in [2.45, 2.75) is 32.1 Å². The standard InChI is InChI=1S/C12H15ClN4O/c13-12-16-10-9(14-7-15-10)11(17-12)18-6-8-4-2-1-3-5-8/h7-8H,1-6H2,(H,14,15,16,17). The van der Waals surface area contributed by atoms with Gasteiger partial charge in [-0.3, -0.25) is 0 Å². The maximum Gasteiger partial charge on any atom is 0.244 e. The number of H-pyrrole nitrogens is 1. The molecule has 1 fully saturated rings. The molecule has 6 heteroatoms. The Morgan fingerprint density at radius 3 is 2.94 bits per heavy atom. The molecule has 0 spiro atoms. The van der Waals surface area contributed by atoms with E-state index in [4.69, 9.17) is 16.3 Å². The van der Waals surface area contributed by atoms with Crippen molar-refractivity contribution in [3.8, 4) is 5.88 Å². The van der Waals surface area contributed by atoms with Gasteiger partial charge in [-0.2, -0.15) is 9.97 Å². The number of hydrogen-bond donors (Lipinski definition) is 1. The molecular weight excluding hydrogens is 252 g/mol. The third-order valence-electron chi connectivity index (χ3n) is 3.41. The van der Waals surface area contributed by atoms with Crippen LogP contribution in [0.25, 0.3) is 11.2 Å². The van der Waals surface area contributed by atoms with Crippen LogP contribution in [0.5, 0.6) is 5.88 Å². The zero-order chi connectivity index (χ0) is 12.4. The molecule has 2 aromatic rings. The van der Waals surface area contributed by atoms with Crippen molar-refractivity contribution < 1.29 is 4.74 Å². The van der Waals surface area contributed by atoms with E-state index < -0.39 is 0 Å². The number of imidazole rings is 1. The van der Waals surface area contributed by atoms with E-state index in [-0.39, 0.29) is 5.28 Å². The summed E-state index contributed by atoms with van der Waals surface area (Å²) >= 11 is 5.85. The maximum atomic E-state index is 5.85. The molecule has 3 rings (SSSR count). The normalized spacial score (nSPS) is 17.2. The van der Waals surface area contributed by atoms with Crippen molar-refractivity contribution in [2.75, 3.05) is 6.61 Å². The second-order valence-electron chi connectivity index (χ2n) is 4.71. The highest BCUT2D eigenvalue weighted by Gasteiger charge is 2.16. The molecule has 96 valence electrons. The lowest BCUT2D eigenvalue weighted by atomic mass is 9.90. The monoisotopic (exact) mass is 266 g/mol. The van der Waals surface area contributed by atoms with E-state index >= 15 is 0 Å². The molecule has 0 unspecified atom stereocenters. The quantitative estimate of drug-likeness (QED) is 0.868. The van der Waals surface area contributed by atoms with Gasteiger partial charge in [-0.15, -0.1) is 0 Å². The first-order valence-electron chi connectivity index (χ1n) is 6.32. The maximum absolute atomic E-state index is 5.85. The van der Waals surface area contributed by atoms with Crippen LogP contribution >= 0.6 is 11.6 Å². The van der Waals surface area contributed by atoms with E-state index in [9.17, 15) is 0 Å². The molecular formula is C12H15ClN4O. The Kier molecular flexibility index (Phi) is 3.32. The number of nitrogens with one attached hydrogen (secondary N) is 1. The van der Waals surface area contributed by atoms with Crippen molar-refractivity contribution in [1.82, 2.24) is 19.9 Å². The van der Waals surface area contributed by atoms with Gasteiger partial charge < -0.3 is 9.72 Å². The van der Waals surface area contributed by atoms with E-state index in [2.05, 4.69) is 19.9 Å². The summed E-state index contributed by atoms with van der Waals surface area (Å²) in [4.78, 5) is 15.2. The third kappa shape index (κ3) is 2.41. The Bertz CT molecular complexity index is 536. The van der Waals surface area contributed by atoms with Crippen LogP contribution in [0.1, 0.15) is 32.1 Å². The summed E-state index contributed by atoms with van der Waals surface area (Å²) < 4.78 is 5.79. The predicted octanol–water partition coefficient (Wildman–Crippen LogP) is 2.97. The van der Waals surface area contributed by atoms with Crippen molar-refractivity contribution in [3.63, 3.8) is 0 Å². The van der Waals surface area contributed by atoms with Crippen LogP contribution in [0.2, 0.25) is 5.28 Å². The molecule has 1 N–H and O–H groups in total. The minimum absolute atomic E-state index is 0.174. The number of rotatable bonds is 3. The number of aromatic amines is 1. The van der Waals surface area contributed by atoms with Gasteiger partial charge in [0.1, 0.15) is 5.52 Å². The van der Waals surface area contributed by atoms with Gasteiger partial charge in [0.25, 0.3) is 0 Å². The minimum atomic E-state index is 0.174. The van der Waals surface area contributed by atoms with Crippen LogP contribution < -0.4 is 4.74 Å². The second-order valence-corrected chi connectivity index (χ2v) is 5.05. The van der Waals surface area contributed by atoms with Gasteiger partial charge in [-0.25, -0.2) is 4.98 Å². The third-order valence-corrected chi connectivity index (χ3v) is 3.57. The Morgan fingerprint density at radius 1 is 1.28 bits per heavy atom. The van der Waals surface area contributed by atoms with Crippen LogP contribution in [0, 0.1) is 5.92 Å². The predicted molar refractivity (Wildman–Crippen MR) is 68.8 cm³/mol. The summed E-state index contributed by atoms with van der Waals surface area (Å²) in [6.45, 7) is 0.696. The molecule has 1 aliphatic carbocycles. The Labute approximate surface area is 110 Å². The lowest BCUT2D eigenvalue weighted by Gasteiger charge is -2.21. The molecule has 1 aliphatic rings. The fourth-order valence-corrected chi connectivity index (χ4v) is 2.59. The first-order chi connectivity index (χ1) is 8.83. The fraction of sp³-hybridized carbons (Fsp3) is 0.583. The van der Waals surface area contributed by atoms with Gasteiger partial charge in [0, 0.05) is 0 Å². The topological polar surface area (TPSA) is 63.7 Å². The molecule has 0 saturated heterocycles. The molecule has 2 aromatic heterocycles. The molecule has 18 heavy (non-hydrogen) atoms. The van der Waals surface area contributed by atoms with Crippen molar-refractivity contribution in [2.24, 2.45) is 5.92 Å². The molecule has 0 bridgehead atoms. The highest BCUT2D eigenvalue weighted by atomic mass is 35.5. The number of nitrogens with zero attached hydrogens (tertiary/aromatic N) is 3. The number of hydrogen-bond acceptors (Lipinski definition) is 4. The zero-order valence-electron chi connectivity index (χ0n) is 10.0. The van der Waals surface area contributed by atoms with Crippen molar-refractivity contribution >= 4 is 22.8 Å². The first kappa shape index (κ1) is 11.7. The first-order valence-corrected chi connectivity index (χ1v) is 6.70. The van der Waals surface area contributed by atoms with Crippen molar-refractivity contribution in [3.05, 3.63) is 11.6 Å². The SMILES string of the molecule is Clc1nc(OCC2CCCCC2)c2[nH]cnc2n1.